The van der Waals surface area contributed by atoms with Gasteiger partial charge in [0, 0.05) is 26.2 Å². The predicted molar refractivity (Wildman–Crippen MR) is 192 cm³/mol. The van der Waals surface area contributed by atoms with Crippen LogP contribution >= 0.6 is 0 Å². The van der Waals surface area contributed by atoms with Crippen molar-refractivity contribution >= 4 is 47.8 Å². The summed E-state index contributed by atoms with van der Waals surface area (Å²) in [4.78, 5) is 102. The highest BCUT2D eigenvalue weighted by molar-refractivity contribution is 6.07. The molecule has 0 aliphatic rings. The van der Waals surface area contributed by atoms with Crippen molar-refractivity contribution in [3.8, 4) is 0 Å². The summed E-state index contributed by atoms with van der Waals surface area (Å²) in [5, 5.41) is 18.7. The molecular weight excluding hydrogens is 676 g/mol. The summed E-state index contributed by atoms with van der Waals surface area (Å²) in [6, 6.07) is 5.84. The largest absolute Gasteiger partial charge is 0.338 e. The second-order valence-corrected chi connectivity index (χ2v) is 11.1. The van der Waals surface area contributed by atoms with E-state index in [4.69, 9.17) is 0 Å². The summed E-state index contributed by atoms with van der Waals surface area (Å²) in [6.45, 7) is 9.75. The summed E-state index contributed by atoms with van der Waals surface area (Å²) in [6.07, 6.45) is 6.87. The van der Waals surface area contributed by atoms with Crippen LogP contribution in [0.5, 0.6) is 0 Å². The van der Waals surface area contributed by atoms with Crippen LogP contribution in [-0.2, 0) is 0 Å². The number of hydrogen-bond donors (Lipinski definition) is 8. The monoisotopic (exact) mass is 726 g/mol. The zero-order valence-corrected chi connectivity index (χ0v) is 30.1. The highest BCUT2D eigenvalue weighted by Gasteiger charge is 2.17. The third-order valence-electron chi connectivity index (χ3n) is 6.60. The minimum atomic E-state index is -0.735. The van der Waals surface area contributed by atoms with Gasteiger partial charge in [-0.2, -0.15) is 0 Å². The lowest BCUT2D eigenvalue weighted by molar-refractivity contribution is 0.0937. The first-order chi connectivity index (χ1) is 24.9. The minimum absolute atomic E-state index is 0.102. The maximum atomic E-state index is 12.0. The maximum absolute atomic E-state index is 12.0. The van der Waals surface area contributed by atoms with Gasteiger partial charge in [0.2, 0.25) is 0 Å². The first kappa shape index (κ1) is 44.1. The smallest absolute Gasteiger partial charge is 0.321 e. The van der Waals surface area contributed by atoms with Gasteiger partial charge in [0.15, 0.2) is 0 Å². The SMILES string of the molecule is CCCCNC(=O)NC(=O)c1cccc(C(=O)NC(=O)NCCCC)n1.CCCCNC(=O)NC(=O)c1cccc(C(=O)NC(=O)NCCCC)n1. The molecule has 52 heavy (non-hydrogen) atoms. The van der Waals surface area contributed by atoms with E-state index in [1.54, 1.807) is 0 Å². The fourth-order valence-corrected chi connectivity index (χ4v) is 3.74. The molecule has 12 amide bonds. The Kier molecular flexibility index (Phi) is 22.0. The van der Waals surface area contributed by atoms with Crippen molar-refractivity contribution < 1.29 is 38.4 Å². The van der Waals surface area contributed by atoms with Gasteiger partial charge in [-0.25, -0.2) is 29.1 Å². The van der Waals surface area contributed by atoms with Crippen LogP contribution in [0, 0.1) is 0 Å². The molecule has 0 aromatic carbocycles. The number of unbranched alkanes of at least 4 members (excludes halogenated alkanes) is 4. The fraction of sp³-hybridized carbons (Fsp3) is 0.471. The lowest BCUT2D eigenvalue weighted by atomic mass is 10.2. The van der Waals surface area contributed by atoms with Gasteiger partial charge in [-0.15, -0.1) is 0 Å². The van der Waals surface area contributed by atoms with Crippen molar-refractivity contribution in [3.63, 3.8) is 0 Å². The quantitative estimate of drug-likeness (QED) is 0.117. The molecule has 0 radical (unpaired) electrons. The number of imide groups is 4. The van der Waals surface area contributed by atoms with Gasteiger partial charge in [0.1, 0.15) is 22.8 Å². The number of nitrogens with zero attached hydrogens (tertiary/aromatic N) is 2. The zero-order valence-electron chi connectivity index (χ0n) is 30.1. The van der Waals surface area contributed by atoms with Crippen LogP contribution in [-0.4, -0.2) is 83.9 Å². The first-order valence-electron chi connectivity index (χ1n) is 17.3. The number of aromatic nitrogens is 2. The summed E-state index contributed by atoms with van der Waals surface area (Å²) in [5.74, 6) is -2.94. The molecule has 2 rings (SSSR count). The van der Waals surface area contributed by atoms with Crippen LogP contribution in [0.4, 0.5) is 19.2 Å². The Morgan fingerprint density at radius 2 is 0.615 bits per heavy atom. The van der Waals surface area contributed by atoms with Gasteiger partial charge < -0.3 is 21.3 Å². The number of pyridine rings is 2. The summed E-state index contributed by atoms with van der Waals surface area (Å²) in [5.41, 5.74) is -0.409. The number of nitrogens with one attached hydrogen (secondary N) is 8. The predicted octanol–water partition coefficient (Wildman–Crippen LogP) is 3.12. The molecule has 0 saturated heterocycles. The molecule has 2 aromatic rings. The molecule has 0 aliphatic carbocycles. The molecule has 284 valence electrons. The topological polar surface area (TPSA) is 259 Å². The van der Waals surface area contributed by atoms with E-state index in [1.807, 2.05) is 27.7 Å². The van der Waals surface area contributed by atoms with Crippen LogP contribution in [0.25, 0.3) is 0 Å². The van der Waals surface area contributed by atoms with Crippen LogP contribution in [0.3, 0.4) is 0 Å². The molecule has 0 aliphatic heterocycles. The average molecular weight is 727 g/mol. The van der Waals surface area contributed by atoms with E-state index >= 15 is 0 Å². The Bertz CT molecular complexity index is 1300. The molecule has 2 aromatic heterocycles. The second kappa shape index (κ2) is 25.9. The van der Waals surface area contributed by atoms with E-state index in [2.05, 4.69) is 52.5 Å². The van der Waals surface area contributed by atoms with Gasteiger partial charge in [-0.05, 0) is 49.9 Å². The van der Waals surface area contributed by atoms with Crippen molar-refractivity contribution in [2.45, 2.75) is 79.1 Å². The van der Waals surface area contributed by atoms with E-state index in [-0.39, 0.29) is 22.8 Å². The molecule has 0 unspecified atom stereocenters. The van der Waals surface area contributed by atoms with Crippen molar-refractivity contribution in [2.75, 3.05) is 26.2 Å². The van der Waals surface area contributed by atoms with Gasteiger partial charge in [-0.3, -0.25) is 40.4 Å². The lowest BCUT2D eigenvalue weighted by Crippen LogP contribution is -2.41. The fourth-order valence-electron chi connectivity index (χ4n) is 3.74. The van der Waals surface area contributed by atoms with Crippen molar-refractivity contribution in [2.24, 2.45) is 0 Å². The number of rotatable bonds is 16. The Morgan fingerprint density at radius 3 is 0.808 bits per heavy atom. The number of hydrogen-bond acceptors (Lipinski definition) is 10. The molecule has 0 spiro atoms. The van der Waals surface area contributed by atoms with Crippen molar-refractivity contribution in [1.82, 2.24) is 52.5 Å². The molecule has 18 nitrogen and oxygen atoms in total. The van der Waals surface area contributed by atoms with Crippen molar-refractivity contribution in [3.05, 3.63) is 59.2 Å². The number of amides is 12. The normalized spacial score (nSPS) is 9.92. The van der Waals surface area contributed by atoms with Gasteiger partial charge in [-0.1, -0.05) is 65.5 Å². The third kappa shape index (κ3) is 18.7. The number of carbonyl (C=O) groups is 8. The Balaban J connectivity index is 0.000000520. The third-order valence-corrected chi connectivity index (χ3v) is 6.60. The molecule has 0 saturated carbocycles. The summed E-state index contributed by atoms with van der Waals surface area (Å²) in [7, 11) is 0. The maximum Gasteiger partial charge on any atom is 0.321 e. The molecule has 0 bridgehead atoms. The molecule has 0 atom stereocenters. The lowest BCUT2D eigenvalue weighted by Gasteiger charge is -2.08. The first-order valence-corrected chi connectivity index (χ1v) is 17.3. The van der Waals surface area contributed by atoms with E-state index in [0.717, 1.165) is 51.4 Å². The highest BCUT2D eigenvalue weighted by atomic mass is 16.2. The Morgan fingerprint density at radius 1 is 0.404 bits per heavy atom. The standard InChI is InChI=1S/2C17H25N5O4/c2*1-3-5-10-18-16(25)21-14(23)12-8-7-9-13(20-12)15(24)22-17(26)19-11-6-4-2/h2*7-9H,3-6,10-11H2,1-2H3,(H2,18,21,23,25)(H2,19,22,24,26). The van der Waals surface area contributed by atoms with E-state index < -0.39 is 47.8 Å². The molecular formula is C34H50N10O8. The number of urea groups is 4. The molecule has 18 heteroatoms. The summed E-state index contributed by atoms with van der Waals surface area (Å²) >= 11 is 0. The Labute approximate surface area is 302 Å². The van der Waals surface area contributed by atoms with Crippen molar-refractivity contribution in [1.29, 1.82) is 0 Å². The van der Waals surface area contributed by atoms with Gasteiger partial charge >= 0.3 is 24.1 Å². The number of carbonyl (C=O) groups excluding carboxylic acids is 8. The van der Waals surface area contributed by atoms with Crippen LogP contribution < -0.4 is 42.5 Å². The van der Waals surface area contributed by atoms with Gasteiger partial charge in [0.05, 0.1) is 0 Å². The second-order valence-electron chi connectivity index (χ2n) is 11.1. The highest BCUT2D eigenvalue weighted by Crippen LogP contribution is 2.02. The van der Waals surface area contributed by atoms with Gasteiger partial charge in [0.25, 0.3) is 23.6 Å². The van der Waals surface area contributed by atoms with Crippen LogP contribution in [0.2, 0.25) is 0 Å². The zero-order chi connectivity index (χ0) is 38.7. The van der Waals surface area contributed by atoms with E-state index in [0.29, 0.717) is 26.2 Å². The van der Waals surface area contributed by atoms with E-state index in [9.17, 15) is 38.4 Å². The van der Waals surface area contributed by atoms with Crippen LogP contribution in [0.15, 0.2) is 36.4 Å². The molecule has 0 fully saturated rings. The van der Waals surface area contributed by atoms with E-state index in [1.165, 1.54) is 36.4 Å². The molecule has 8 N–H and O–H groups in total. The summed E-state index contributed by atoms with van der Waals surface area (Å²) < 4.78 is 0. The Hall–Kier alpha value is -5.94. The minimum Gasteiger partial charge on any atom is -0.338 e. The average Bonchev–Trinajstić information content (AvgIpc) is 3.12. The van der Waals surface area contributed by atoms with Crippen LogP contribution in [0.1, 0.15) is 121 Å². The molecule has 2 heterocycles.